The molecule has 0 heterocycles. The third kappa shape index (κ3) is 3.47. The standard InChI is InChI=1S/C12H8O5.C3H8/c13-10-5-6-1-2-7(11(14)15)3-8(6)4-9(10)12(16)17;1-3-2/h1-5,13H,(H,14,15)(H,16,17);3H2,1-2H3. The lowest BCUT2D eigenvalue weighted by Crippen LogP contribution is -1.98. The van der Waals surface area contributed by atoms with E-state index < -0.39 is 11.9 Å². The third-order valence-corrected chi connectivity index (χ3v) is 2.43. The van der Waals surface area contributed by atoms with Crippen LogP contribution in [-0.4, -0.2) is 27.3 Å². The first-order valence-corrected chi connectivity index (χ1v) is 6.14. The zero-order valence-electron chi connectivity index (χ0n) is 11.3. The Morgan fingerprint density at radius 3 is 2.05 bits per heavy atom. The first kappa shape index (κ1) is 15.5. The zero-order valence-corrected chi connectivity index (χ0v) is 11.3. The van der Waals surface area contributed by atoms with Gasteiger partial charge in [-0.05, 0) is 35.0 Å². The van der Waals surface area contributed by atoms with E-state index >= 15 is 0 Å². The summed E-state index contributed by atoms with van der Waals surface area (Å²) in [5, 5.41) is 28.1. The second kappa shape index (κ2) is 6.56. The van der Waals surface area contributed by atoms with Crippen LogP contribution in [0.15, 0.2) is 30.3 Å². The van der Waals surface area contributed by atoms with Crippen LogP contribution in [0.1, 0.15) is 41.0 Å². The molecule has 0 saturated carbocycles. The summed E-state index contributed by atoms with van der Waals surface area (Å²) >= 11 is 0. The highest BCUT2D eigenvalue weighted by atomic mass is 16.4. The van der Waals surface area contributed by atoms with Crippen molar-refractivity contribution in [1.29, 1.82) is 0 Å². The van der Waals surface area contributed by atoms with Crippen LogP contribution in [0.4, 0.5) is 0 Å². The van der Waals surface area contributed by atoms with Gasteiger partial charge in [-0.25, -0.2) is 9.59 Å². The van der Waals surface area contributed by atoms with Crippen molar-refractivity contribution in [1.82, 2.24) is 0 Å². The van der Waals surface area contributed by atoms with Gasteiger partial charge in [-0.2, -0.15) is 0 Å². The van der Waals surface area contributed by atoms with Crippen LogP contribution in [0.2, 0.25) is 0 Å². The van der Waals surface area contributed by atoms with Crippen LogP contribution in [-0.2, 0) is 0 Å². The van der Waals surface area contributed by atoms with E-state index in [0.717, 1.165) is 0 Å². The van der Waals surface area contributed by atoms with Gasteiger partial charge in [0.2, 0.25) is 0 Å². The van der Waals surface area contributed by atoms with E-state index in [1.807, 2.05) is 0 Å². The lowest BCUT2D eigenvalue weighted by molar-refractivity contribution is 0.0685. The van der Waals surface area contributed by atoms with Crippen LogP contribution >= 0.6 is 0 Å². The van der Waals surface area contributed by atoms with Gasteiger partial charge in [-0.3, -0.25) is 0 Å². The molecule has 0 amide bonds. The average Bonchev–Trinajstić information content (AvgIpc) is 2.37. The Morgan fingerprint density at radius 1 is 0.950 bits per heavy atom. The lowest BCUT2D eigenvalue weighted by atomic mass is 10.0. The molecule has 0 saturated heterocycles. The molecule has 0 aliphatic rings. The Hall–Kier alpha value is -2.56. The van der Waals surface area contributed by atoms with Crippen LogP contribution < -0.4 is 0 Å². The molecule has 2 rings (SSSR count). The van der Waals surface area contributed by atoms with Crippen LogP contribution in [0.25, 0.3) is 10.8 Å². The molecular formula is C15H16O5. The van der Waals surface area contributed by atoms with Crippen molar-refractivity contribution >= 4 is 22.7 Å². The number of aromatic carboxylic acids is 2. The Balaban J connectivity index is 0.000000612. The molecule has 0 spiro atoms. The van der Waals surface area contributed by atoms with Gasteiger partial charge in [0.1, 0.15) is 11.3 Å². The van der Waals surface area contributed by atoms with Crippen LogP contribution in [0.5, 0.6) is 5.75 Å². The molecule has 5 nitrogen and oxygen atoms in total. The molecule has 3 N–H and O–H groups in total. The fraction of sp³-hybridized carbons (Fsp3) is 0.200. The third-order valence-electron chi connectivity index (χ3n) is 2.43. The predicted octanol–water partition coefficient (Wildman–Crippen LogP) is 3.36. The highest BCUT2D eigenvalue weighted by Crippen LogP contribution is 2.25. The normalized spacial score (nSPS) is 9.70. The number of hydrogen-bond acceptors (Lipinski definition) is 3. The molecule has 0 fully saturated rings. The van der Waals surface area contributed by atoms with Gasteiger partial charge < -0.3 is 15.3 Å². The second-order valence-corrected chi connectivity index (χ2v) is 4.25. The van der Waals surface area contributed by atoms with E-state index in [0.29, 0.717) is 10.8 Å². The van der Waals surface area contributed by atoms with Crippen LogP contribution in [0.3, 0.4) is 0 Å². The molecule has 2 aromatic rings. The van der Waals surface area contributed by atoms with Crippen molar-refractivity contribution in [2.75, 3.05) is 0 Å². The molecule has 2 aromatic carbocycles. The molecule has 0 aromatic heterocycles. The monoisotopic (exact) mass is 276 g/mol. The van der Waals surface area contributed by atoms with Gasteiger partial charge >= 0.3 is 11.9 Å². The summed E-state index contributed by atoms with van der Waals surface area (Å²) in [6, 6.07) is 6.82. The van der Waals surface area contributed by atoms with E-state index in [1.54, 1.807) is 0 Å². The van der Waals surface area contributed by atoms with Crippen molar-refractivity contribution in [3.05, 3.63) is 41.5 Å². The van der Waals surface area contributed by atoms with Crippen molar-refractivity contribution in [3.63, 3.8) is 0 Å². The van der Waals surface area contributed by atoms with Gasteiger partial charge in [0, 0.05) is 0 Å². The molecule has 106 valence electrons. The Bertz CT molecular complexity index is 646. The van der Waals surface area contributed by atoms with Crippen LogP contribution in [0, 0.1) is 0 Å². The molecular weight excluding hydrogens is 260 g/mol. The van der Waals surface area contributed by atoms with E-state index in [1.165, 1.54) is 36.8 Å². The number of phenols is 1. The summed E-state index contributed by atoms with van der Waals surface area (Å²) in [7, 11) is 0. The maximum atomic E-state index is 10.8. The molecule has 0 radical (unpaired) electrons. The summed E-state index contributed by atoms with van der Waals surface area (Å²) < 4.78 is 0. The second-order valence-electron chi connectivity index (χ2n) is 4.25. The number of carboxylic acids is 2. The SMILES string of the molecule is CCC.O=C(O)c1ccc2cc(O)c(C(=O)O)cc2c1. The number of fused-ring (bicyclic) bond motifs is 1. The first-order chi connectivity index (χ1) is 9.40. The maximum absolute atomic E-state index is 10.8. The fourth-order valence-electron chi connectivity index (χ4n) is 1.59. The predicted molar refractivity (Wildman–Crippen MR) is 75.5 cm³/mol. The summed E-state index contributed by atoms with van der Waals surface area (Å²) in [6.45, 7) is 4.25. The maximum Gasteiger partial charge on any atom is 0.339 e. The summed E-state index contributed by atoms with van der Waals surface area (Å²) in [5.41, 5.74) is -0.181. The number of hydrogen-bond donors (Lipinski definition) is 3. The number of carboxylic acid groups (broad SMARTS) is 2. The van der Waals surface area contributed by atoms with Gasteiger partial charge in [0.25, 0.3) is 0 Å². The topological polar surface area (TPSA) is 94.8 Å². The minimum absolute atomic E-state index is 0.0690. The number of benzene rings is 2. The molecule has 0 aliphatic carbocycles. The minimum atomic E-state index is -1.26. The molecule has 0 bridgehead atoms. The molecule has 0 aliphatic heterocycles. The molecule has 5 heteroatoms. The molecule has 0 atom stereocenters. The zero-order chi connectivity index (χ0) is 15.3. The van der Waals surface area contributed by atoms with Gasteiger partial charge in [-0.1, -0.05) is 26.3 Å². The first-order valence-electron chi connectivity index (χ1n) is 6.14. The van der Waals surface area contributed by atoms with Crippen molar-refractivity contribution in [3.8, 4) is 5.75 Å². The highest BCUT2D eigenvalue weighted by molar-refractivity contribution is 6.00. The van der Waals surface area contributed by atoms with Gasteiger partial charge in [0.05, 0.1) is 5.56 Å². The largest absolute Gasteiger partial charge is 0.507 e. The van der Waals surface area contributed by atoms with E-state index in [9.17, 15) is 14.7 Å². The Kier molecular flexibility index (Phi) is 5.08. The number of carbonyl (C=O) groups is 2. The average molecular weight is 276 g/mol. The van der Waals surface area contributed by atoms with E-state index in [-0.39, 0.29) is 16.9 Å². The Morgan fingerprint density at radius 2 is 1.55 bits per heavy atom. The molecule has 0 unspecified atom stereocenters. The van der Waals surface area contributed by atoms with Crippen molar-refractivity contribution < 1.29 is 24.9 Å². The van der Waals surface area contributed by atoms with Gasteiger partial charge in [0.15, 0.2) is 0 Å². The summed E-state index contributed by atoms with van der Waals surface area (Å²) in [4.78, 5) is 21.6. The number of rotatable bonds is 2. The summed E-state index contributed by atoms with van der Waals surface area (Å²) in [6.07, 6.45) is 1.25. The van der Waals surface area contributed by atoms with E-state index in [2.05, 4.69) is 13.8 Å². The van der Waals surface area contributed by atoms with E-state index in [4.69, 9.17) is 10.2 Å². The molecule has 20 heavy (non-hydrogen) atoms. The van der Waals surface area contributed by atoms with Crippen molar-refractivity contribution in [2.24, 2.45) is 0 Å². The quantitative estimate of drug-likeness (QED) is 0.781. The summed E-state index contributed by atoms with van der Waals surface area (Å²) in [5.74, 6) is -2.69. The smallest absolute Gasteiger partial charge is 0.339 e. The van der Waals surface area contributed by atoms with Gasteiger partial charge in [-0.15, -0.1) is 0 Å². The lowest BCUT2D eigenvalue weighted by Gasteiger charge is -2.04. The minimum Gasteiger partial charge on any atom is -0.507 e. The number of aromatic hydroxyl groups is 1. The highest BCUT2D eigenvalue weighted by Gasteiger charge is 2.12. The van der Waals surface area contributed by atoms with Crippen molar-refractivity contribution in [2.45, 2.75) is 20.3 Å². The fourth-order valence-corrected chi connectivity index (χ4v) is 1.59. The Labute approximate surface area is 116 Å².